The monoisotopic (exact) mass is 210 g/mol. The molecule has 0 unspecified atom stereocenters. The first-order valence-electron chi connectivity index (χ1n) is 3.83. The van der Waals surface area contributed by atoms with Gasteiger partial charge in [0.05, 0.1) is 13.5 Å². The number of methoxy groups -OCH3 is 1. The van der Waals surface area contributed by atoms with Crippen LogP contribution in [0.15, 0.2) is 0 Å². The minimum absolute atomic E-state index is 0.0289. The van der Waals surface area contributed by atoms with Gasteiger partial charge in [-0.15, -0.1) is 0 Å². The van der Waals surface area contributed by atoms with E-state index in [2.05, 4.69) is 14.2 Å². The van der Waals surface area contributed by atoms with Crippen molar-refractivity contribution in [2.24, 2.45) is 0 Å². The number of rotatable bonds is 6. The van der Waals surface area contributed by atoms with Crippen molar-refractivity contribution >= 4 is 16.2 Å². The highest BCUT2D eigenvalue weighted by atomic mass is 32.2. The van der Waals surface area contributed by atoms with Crippen molar-refractivity contribution in [2.45, 2.75) is 13.3 Å². The van der Waals surface area contributed by atoms with Gasteiger partial charge in [0.1, 0.15) is 0 Å². The number of ether oxygens (including phenoxy) is 1. The van der Waals surface area contributed by atoms with Crippen molar-refractivity contribution < 1.29 is 17.9 Å². The zero-order chi connectivity index (χ0) is 10.3. The van der Waals surface area contributed by atoms with Crippen molar-refractivity contribution in [3.8, 4) is 0 Å². The number of hydrogen-bond donors (Lipinski definition) is 2. The molecule has 0 bridgehead atoms. The van der Waals surface area contributed by atoms with Crippen LogP contribution in [0.2, 0.25) is 0 Å². The molecular weight excluding hydrogens is 196 g/mol. The van der Waals surface area contributed by atoms with E-state index in [9.17, 15) is 13.2 Å². The zero-order valence-electron chi connectivity index (χ0n) is 7.66. The molecular formula is C6H14N2O4S. The van der Waals surface area contributed by atoms with E-state index in [1.54, 1.807) is 6.92 Å². The lowest BCUT2D eigenvalue weighted by atomic mass is 10.4. The average molecular weight is 210 g/mol. The van der Waals surface area contributed by atoms with Crippen LogP contribution in [0, 0.1) is 0 Å². The lowest BCUT2D eigenvalue weighted by molar-refractivity contribution is -0.140. The summed E-state index contributed by atoms with van der Waals surface area (Å²) in [6.45, 7) is 2.02. The Morgan fingerprint density at radius 3 is 2.46 bits per heavy atom. The number of esters is 1. The molecule has 0 radical (unpaired) electrons. The maximum atomic E-state index is 10.9. The highest BCUT2D eigenvalue weighted by molar-refractivity contribution is 7.87. The molecule has 0 atom stereocenters. The van der Waals surface area contributed by atoms with E-state index in [0.29, 0.717) is 6.54 Å². The van der Waals surface area contributed by atoms with Gasteiger partial charge < -0.3 is 4.74 Å². The standard InChI is InChI=1S/C6H14N2O4S/c1-3-7-13(10,11)8-5-4-6(9)12-2/h7-8H,3-5H2,1-2H3. The predicted molar refractivity (Wildman–Crippen MR) is 47.2 cm³/mol. The van der Waals surface area contributed by atoms with E-state index < -0.39 is 16.2 Å². The molecule has 0 aliphatic rings. The zero-order valence-corrected chi connectivity index (χ0v) is 8.48. The molecule has 2 N–H and O–H groups in total. The van der Waals surface area contributed by atoms with Gasteiger partial charge >= 0.3 is 5.97 Å². The van der Waals surface area contributed by atoms with Crippen LogP contribution in [0.25, 0.3) is 0 Å². The van der Waals surface area contributed by atoms with Crippen LogP contribution >= 0.6 is 0 Å². The molecule has 0 aromatic rings. The molecule has 0 heterocycles. The topological polar surface area (TPSA) is 84.5 Å². The van der Waals surface area contributed by atoms with Crippen LogP contribution in [0.5, 0.6) is 0 Å². The molecule has 0 amide bonds. The van der Waals surface area contributed by atoms with Gasteiger partial charge in [0.25, 0.3) is 10.2 Å². The lowest BCUT2D eigenvalue weighted by Crippen LogP contribution is -2.37. The van der Waals surface area contributed by atoms with E-state index in [0.717, 1.165) is 0 Å². The van der Waals surface area contributed by atoms with E-state index >= 15 is 0 Å². The fourth-order valence-corrected chi connectivity index (χ4v) is 1.48. The molecule has 0 aliphatic heterocycles. The van der Waals surface area contributed by atoms with Crippen LogP contribution in [-0.4, -0.2) is 34.6 Å². The van der Waals surface area contributed by atoms with Gasteiger partial charge in [0.15, 0.2) is 0 Å². The van der Waals surface area contributed by atoms with Crippen molar-refractivity contribution in [1.82, 2.24) is 9.44 Å². The summed E-state index contributed by atoms with van der Waals surface area (Å²) in [5.41, 5.74) is 0. The van der Waals surface area contributed by atoms with Crippen molar-refractivity contribution in [1.29, 1.82) is 0 Å². The van der Waals surface area contributed by atoms with Gasteiger partial charge in [0, 0.05) is 13.1 Å². The maximum absolute atomic E-state index is 10.9. The van der Waals surface area contributed by atoms with Gasteiger partial charge in [0.2, 0.25) is 0 Å². The minimum atomic E-state index is -3.44. The van der Waals surface area contributed by atoms with Gasteiger partial charge in [-0.1, -0.05) is 6.92 Å². The average Bonchev–Trinajstić information content (AvgIpc) is 2.03. The van der Waals surface area contributed by atoms with Crippen molar-refractivity contribution in [2.75, 3.05) is 20.2 Å². The second-order valence-electron chi connectivity index (χ2n) is 2.22. The Bertz CT molecular complexity index is 249. The summed E-state index contributed by atoms with van der Waals surface area (Å²) in [4.78, 5) is 10.6. The summed E-state index contributed by atoms with van der Waals surface area (Å²) in [5, 5.41) is 0. The largest absolute Gasteiger partial charge is 0.469 e. The molecule has 0 aliphatic carbocycles. The SMILES string of the molecule is CCNS(=O)(=O)NCCC(=O)OC. The molecule has 0 fully saturated rings. The first-order valence-corrected chi connectivity index (χ1v) is 5.31. The van der Waals surface area contributed by atoms with Gasteiger partial charge in [-0.25, -0.2) is 9.44 Å². The predicted octanol–water partition coefficient (Wildman–Crippen LogP) is -1.01. The second-order valence-corrected chi connectivity index (χ2v) is 3.81. The van der Waals surface area contributed by atoms with Gasteiger partial charge in [-0.05, 0) is 0 Å². The highest BCUT2D eigenvalue weighted by Crippen LogP contribution is 1.83. The Balaban J connectivity index is 3.70. The lowest BCUT2D eigenvalue weighted by Gasteiger charge is -2.04. The van der Waals surface area contributed by atoms with Gasteiger partial charge in [-0.3, -0.25) is 4.79 Å². The summed E-state index contributed by atoms with van der Waals surface area (Å²) in [7, 11) is -2.19. The first-order chi connectivity index (χ1) is 6.02. The Labute approximate surface area is 77.8 Å². The van der Waals surface area contributed by atoms with E-state index in [1.807, 2.05) is 0 Å². The summed E-state index contributed by atoms with van der Waals surface area (Å²) in [5.74, 6) is -0.445. The summed E-state index contributed by atoms with van der Waals surface area (Å²) in [6.07, 6.45) is 0.0289. The van der Waals surface area contributed by atoms with E-state index in [4.69, 9.17) is 0 Å². The van der Waals surface area contributed by atoms with Crippen LogP contribution in [0.4, 0.5) is 0 Å². The van der Waals surface area contributed by atoms with Crippen LogP contribution in [-0.2, 0) is 19.7 Å². The molecule has 13 heavy (non-hydrogen) atoms. The Hall–Kier alpha value is -0.660. The Morgan fingerprint density at radius 1 is 1.38 bits per heavy atom. The number of carbonyl (C=O) groups is 1. The molecule has 7 heteroatoms. The smallest absolute Gasteiger partial charge is 0.306 e. The maximum Gasteiger partial charge on any atom is 0.306 e. The van der Waals surface area contributed by atoms with Crippen LogP contribution in [0.1, 0.15) is 13.3 Å². The highest BCUT2D eigenvalue weighted by Gasteiger charge is 2.07. The van der Waals surface area contributed by atoms with Crippen LogP contribution < -0.4 is 9.44 Å². The van der Waals surface area contributed by atoms with Crippen LogP contribution in [0.3, 0.4) is 0 Å². The van der Waals surface area contributed by atoms with E-state index in [-0.39, 0.29) is 13.0 Å². The summed E-state index contributed by atoms with van der Waals surface area (Å²) >= 11 is 0. The fourth-order valence-electron chi connectivity index (χ4n) is 0.631. The fraction of sp³-hybridized carbons (Fsp3) is 0.833. The van der Waals surface area contributed by atoms with Gasteiger partial charge in [-0.2, -0.15) is 8.42 Å². The minimum Gasteiger partial charge on any atom is -0.469 e. The van der Waals surface area contributed by atoms with Crippen molar-refractivity contribution in [3.05, 3.63) is 0 Å². The number of hydrogen-bond acceptors (Lipinski definition) is 4. The van der Waals surface area contributed by atoms with Crippen molar-refractivity contribution in [3.63, 3.8) is 0 Å². The Morgan fingerprint density at radius 2 is 2.00 bits per heavy atom. The third kappa shape index (κ3) is 6.50. The molecule has 0 saturated heterocycles. The Kier molecular flexibility index (Phi) is 5.60. The molecule has 6 nitrogen and oxygen atoms in total. The molecule has 0 spiro atoms. The molecule has 0 aromatic heterocycles. The summed E-state index contributed by atoms with van der Waals surface area (Å²) in [6, 6.07) is 0. The molecule has 78 valence electrons. The summed E-state index contributed by atoms with van der Waals surface area (Å²) < 4.78 is 30.6. The normalized spacial score (nSPS) is 11.2. The third-order valence-corrected chi connectivity index (χ3v) is 2.44. The third-order valence-electron chi connectivity index (χ3n) is 1.18. The second kappa shape index (κ2) is 5.90. The number of carbonyl (C=O) groups excluding carboxylic acids is 1. The quantitative estimate of drug-likeness (QED) is 0.550. The number of nitrogens with one attached hydrogen (secondary N) is 2. The molecule has 0 rings (SSSR count). The van der Waals surface area contributed by atoms with E-state index in [1.165, 1.54) is 7.11 Å². The molecule has 0 aromatic carbocycles. The first kappa shape index (κ1) is 12.3. The molecule has 0 saturated carbocycles.